The molecule has 1 aromatic rings. The molecule has 0 radical (unpaired) electrons. The molecular formula is C14H21F2NO. The first-order chi connectivity index (χ1) is 8.56. The average molecular weight is 257 g/mol. The molecule has 4 heteroatoms. The van der Waals surface area contributed by atoms with Crippen LogP contribution in [0, 0.1) is 11.6 Å². The van der Waals surface area contributed by atoms with Gasteiger partial charge < -0.3 is 10.0 Å². The van der Waals surface area contributed by atoms with Crippen molar-refractivity contribution in [2.45, 2.75) is 32.8 Å². The summed E-state index contributed by atoms with van der Waals surface area (Å²) in [5.41, 5.74) is 0.238. The standard InChI is InChI=1S/C14H21F2NO/c1-3-17(4-2)8-7-13(18)10-11-9-12(15)5-6-14(11)16/h5-6,9,13,18H,3-4,7-8,10H2,1-2H3. The van der Waals surface area contributed by atoms with Gasteiger partial charge in [-0.15, -0.1) is 0 Å². The van der Waals surface area contributed by atoms with Crippen LogP contribution in [-0.4, -0.2) is 35.7 Å². The van der Waals surface area contributed by atoms with Gasteiger partial charge in [0.05, 0.1) is 6.10 Å². The molecule has 18 heavy (non-hydrogen) atoms. The van der Waals surface area contributed by atoms with Crippen LogP contribution in [-0.2, 0) is 6.42 Å². The Morgan fingerprint density at radius 3 is 2.50 bits per heavy atom. The van der Waals surface area contributed by atoms with Gasteiger partial charge in [0.2, 0.25) is 0 Å². The molecule has 0 aliphatic heterocycles. The Hall–Kier alpha value is -1.00. The summed E-state index contributed by atoms with van der Waals surface area (Å²) in [5, 5.41) is 9.84. The second kappa shape index (κ2) is 7.44. The van der Waals surface area contributed by atoms with Gasteiger partial charge in [-0.05, 0) is 43.3 Å². The number of aliphatic hydroxyl groups is 1. The maximum absolute atomic E-state index is 13.4. The van der Waals surface area contributed by atoms with E-state index in [4.69, 9.17) is 0 Å². The highest BCUT2D eigenvalue weighted by molar-refractivity contribution is 5.19. The molecule has 0 aliphatic carbocycles. The first kappa shape index (κ1) is 15.1. The second-order valence-corrected chi connectivity index (χ2v) is 4.41. The average Bonchev–Trinajstić information content (AvgIpc) is 2.35. The highest BCUT2D eigenvalue weighted by Crippen LogP contribution is 2.13. The van der Waals surface area contributed by atoms with Crippen molar-refractivity contribution in [1.82, 2.24) is 4.90 Å². The largest absolute Gasteiger partial charge is 0.393 e. The highest BCUT2D eigenvalue weighted by atomic mass is 19.1. The number of hydrogen-bond donors (Lipinski definition) is 1. The zero-order valence-corrected chi connectivity index (χ0v) is 11.0. The van der Waals surface area contributed by atoms with Gasteiger partial charge >= 0.3 is 0 Å². The lowest BCUT2D eigenvalue weighted by atomic mass is 10.0. The molecule has 0 aromatic heterocycles. The topological polar surface area (TPSA) is 23.5 Å². The first-order valence-corrected chi connectivity index (χ1v) is 6.41. The minimum absolute atomic E-state index is 0.158. The van der Waals surface area contributed by atoms with E-state index in [9.17, 15) is 13.9 Å². The van der Waals surface area contributed by atoms with E-state index in [0.717, 1.165) is 37.8 Å². The Bertz CT molecular complexity index is 367. The van der Waals surface area contributed by atoms with Crippen LogP contribution in [0.15, 0.2) is 18.2 Å². The molecular weight excluding hydrogens is 236 g/mol. The van der Waals surface area contributed by atoms with Crippen molar-refractivity contribution in [3.8, 4) is 0 Å². The first-order valence-electron chi connectivity index (χ1n) is 6.41. The van der Waals surface area contributed by atoms with Gasteiger partial charge in [-0.1, -0.05) is 13.8 Å². The molecule has 102 valence electrons. The lowest BCUT2D eigenvalue weighted by Crippen LogP contribution is -2.27. The summed E-state index contributed by atoms with van der Waals surface area (Å²) in [6.07, 6.45) is 0.0876. The fourth-order valence-corrected chi connectivity index (χ4v) is 1.93. The Labute approximate surface area is 107 Å². The lowest BCUT2D eigenvalue weighted by molar-refractivity contribution is 0.142. The Morgan fingerprint density at radius 1 is 1.22 bits per heavy atom. The van der Waals surface area contributed by atoms with Crippen LogP contribution in [0.5, 0.6) is 0 Å². The maximum Gasteiger partial charge on any atom is 0.126 e. The zero-order valence-electron chi connectivity index (χ0n) is 11.0. The molecule has 0 heterocycles. The molecule has 1 N–H and O–H groups in total. The molecule has 1 rings (SSSR count). The van der Waals surface area contributed by atoms with Gasteiger partial charge in [0.15, 0.2) is 0 Å². The fourth-order valence-electron chi connectivity index (χ4n) is 1.93. The van der Waals surface area contributed by atoms with Crippen molar-refractivity contribution in [2.24, 2.45) is 0 Å². The number of rotatable bonds is 7. The van der Waals surface area contributed by atoms with Gasteiger partial charge in [0, 0.05) is 13.0 Å². The van der Waals surface area contributed by atoms with Crippen LogP contribution < -0.4 is 0 Å². The minimum atomic E-state index is -0.637. The minimum Gasteiger partial charge on any atom is -0.393 e. The molecule has 1 aromatic carbocycles. The normalized spacial score (nSPS) is 13.0. The van der Waals surface area contributed by atoms with E-state index in [-0.39, 0.29) is 12.0 Å². The molecule has 0 amide bonds. The molecule has 0 bridgehead atoms. The van der Waals surface area contributed by atoms with Crippen LogP contribution in [0.25, 0.3) is 0 Å². The van der Waals surface area contributed by atoms with Gasteiger partial charge in [-0.25, -0.2) is 8.78 Å². The van der Waals surface area contributed by atoms with Crippen LogP contribution in [0.1, 0.15) is 25.8 Å². The van der Waals surface area contributed by atoms with E-state index < -0.39 is 17.7 Å². The smallest absolute Gasteiger partial charge is 0.126 e. The summed E-state index contributed by atoms with van der Waals surface area (Å²) < 4.78 is 26.3. The summed E-state index contributed by atoms with van der Waals surface area (Å²) in [4.78, 5) is 2.19. The van der Waals surface area contributed by atoms with E-state index in [0.29, 0.717) is 6.42 Å². The third-order valence-electron chi connectivity index (χ3n) is 3.14. The summed E-state index contributed by atoms with van der Waals surface area (Å²) in [7, 11) is 0. The van der Waals surface area contributed by atoms with Crippen molar-refractivity contribution in [3.63, 3.8) is 0 Å². The molecule has 0 aliphatic rings. The molecule has 1 unspecified atom stereocenters. The molecule has 0 saturated heterocycles. The third-order valence-corrected chi connectivity index (χ3v) is 3.14. The lowest BCUT2D eigenvalue weighted by Gasteiger charge is -2.20. The highest BCUT2D eigenvalue weighted by Gasteiger charge is 2.11. The summed E-state index contributed by atoms with van der Waals surface area (Å²) in [6, 6.07) is 3.33. The van der Waals surface area contributed by atoms with E-state index >= 15 is 0 Å². The summed E-state index contributed by atoms with van der Waals surface area (Å²) in [6.45, 7) is 6.74. The molecule has 0 fully saturated rings. The maximum atomic E-state index is 13.4. The van der Waals surface area contributed by atoms with Crippen molar-refractivity contribution in [2.75, 3.05) is 19.6 Å². The monoisotopic (exact) mass is 257 g/mol. The second-order valence-electron chi connectivity index (χ2n) is 4.41. The predicted molar refractivity (Wildman–Crippen MR) is 68.5 cm³/mol. The quantitative estimate of drug-likeness (QED) is 0.811. The van der Waals surface area contributed by atoms with E-state index in [1.54, 1.807) is 0 Å². The number of hydrogen-bond acceptors (Lipinski definition) is 2. The van der Waals surface area contributed by atoms with Crippen molar-refractivity contribution in [1.29, 1.82) is 0 Å². The molecule has 2 nitrogen and oxygen atoms in total. The SMILES string of the molecule is CCN(CC)CCC(O)Cc1cc(F)ccc1F. The molecule has 0 spiro atoms. The third kappa shape index (κ3) is 4.70. The fraction of sp³-hybridized carbons (Fsp3) is 0.571. The molecule has 1 atom stereocenters. The van der Waals surface area contributed by atoms with Crippen molar-refractivity contribution < 1.29 is 13.9 Å². The van der Waals surface area contributed by atoms with E-state index in [1.807, 2.05) is 0 Å². The van der Waals surface area contributed by atoms with Crippen LogP contribution in [0.3, 0.4) is 0 Å². The van der Waals surface area contributed by atoms with Crippen LogP contribution in [0.4, 0.5) is 8.78 Å². The summed E-state index contributed by atoms with van der Waals surface area (Å²) >= 11 is 0. The van der Waals surface area contributed by atoms with Crippen molar-refractivity contribution in [3.05, 3.63) is 35.4 Å². The predicted octanol–water partition coefficient (Wildman–Crippen LogP) is 2.60. The van der Waals surface area contributed by atoms with E-state index in [2.05, 4.69) is 18.7 Å². The van der Waals surface area contributed by atoms with E-state index in [1.165, 1.54) is 0 Å². The van der Waals surface area contributed by atoms with Gasteiger partial charge in [-0.3, -0.25) is 0 Å². The summed E-state index contributed by atoms with van der Waals surface area (Å²) in [5.74, 6) is -0.930. The van der Waals surface area contributed by atoms with Gasteiger partial charge in [-0.2, -0.15) is 0 Å². The Balaban J connectivity index is 2.48. The van der Waals surface area contributed by atoms with Crippen LogP contribution >= 0.6 is 0 Å². The zero-order chi connectivity index (χ0) is 13.5. The number of nitrogens with zero attached hydrogens (tertiary/aromatic N) is 1. The Morgan fingerprint density at radius 2 is 1.89 bits per heavy atom. The number of benzene rings is 1. The Kier molecular flexibility index (Phi) is 6.22. The van der Waals surface area contributed by atoms with Crippen LogP contribution in [0.2, 0.25) is 0 Å². The van der Waals surface area contributed by atoms with Crippen molar-refractivity contribution >= 4 is 0 Å². The van der Waals surface area contributed by atoms with Gasteiger partial charge in [0.25, 0.3) is 0 Å². The number of aliphatic hydroxyl groups excluding tert-OH is 1. The van der Waals surface area contributed by atoms with Gasteiger partial charge in [0.1, 0.15) is 11.6 Å². The molecule has 0 saturated carbocycles. The number of halogens is 2.